The monoisotopic (exact) mass is 354 g/mol. The van der Waals surface area contributed by atoms with Crippen LogP contribution in [0.3, 0.4) is 0 Å². The number of carbonyl (C=O) groups is 1. The van der Waals surface area contributed by atoms with Crippen LogP contribution in [-0.2, 0) is 24.3 Å². The van der Waals surface area contributed by atoms with E-state index in [-0.39, 0.29) is 5.91 Å². The average molecular weight is 354 g/mol. The van der Waals surface area contributed by atoms with E-state index in [1.807, 2.05) is 41.1 Å². The fourth-order valence-electron chi connectivity index (χ4n) is 3.37. The third-order valence-corrected chi connectivity index (χ3v) is 4.82. The van der Waals surface area contributed by atoms with E-state index in [1.165, 1.54) is 11.1 Å². The van der Waals surface area contributed by atoms with E-state index in [0.717, 1.165) is 30.0 Å². The molecule has 1 aliphatic rings. The van der Waals surface area contributed by atoms with Gasteiger partial charge in [0.05, 0.1) is 20.8 Å². The molecule has 0 atom stereocenters. The van der Waals surface area contributed by atoms with Crippen LogP contribution in [0.15, 0.2) is 42.5 Å². The molecular formula is C21H26N2O3. The number of benzene rings is 2. The van der Waals surface area contributed by atoms with Crippen LogP contribution in [0.1, 0.15) is 16.7 Å². The van der Waals surface area contributed by atoms with E-state index in [2.05, 4.69) is 18.2 Å². The summed E-state index contributed by atoms with van der Waals surface area (Å²) >= 11 is 0. The van der Waals surface area contributed by atoms with Crippen molar-refractivity contribution in [2.75, 3.05) is 34.4 Å². The Balaban J connectivity index is 1.60. The van der Waals surface area contributed by atoms with Gasteiger partial charge in [0, 0.05) is 31.3 Å². The van der Waals surface area contributed by atoms with E-state index in [1.54, 1.807) is 14.2 Å². The molecule has 5 nitrogen and oxygen atoms in total. The molecule has 0 unspecified atom stereocenters. The minimum atomic E-state index is 0.162. The zero-order chi connectivity index (χ0) is 18.5. The zero-order valence-electron chi connectivity index (χ0n) is 15.7. The molecule has 0 bridgehead atoms. The molecule has 3 rings (SSSR count). The van der Waals surface area contributed by atoms with Gasteiger partial charge in [0.15, 0.2) is 0 Å². The van der Waals surface area contributed by atoms with Crippen molar-refractivity contribution in [3.05, 3.63) is 59.2 Å². The van der Waals surface area contributed by atoms with Crippen LogP contribution < -0.4 is 9.47 Å². The third kappa shape index (κ3) is 4.17. The van der Waals surface area contributed by atoms with E-state index in [9.17, 15) is 4.79 Å². The van der Waals surface area contributed by atoms with Gasteiger partial charge in [0.1, 0.15) is 11.5 Å². The van der Waals surface area contributed by atoms with Crippen LogP contribution in [0.2, 0.25) is 0 Å². The number of ether oxygens (including phenoxy) is 2. The highest BCUT2D eigenvalue weighted by Crippen LogP contribution is 2.25. The summed E-state index contributed by atoms with van der Waals surface area (Å²) in [6.45, 7) is 2.52. The normalized spacial score (nSPS) is 13.5. The van der Waals surface area contributed by atoms with Crippen LogP contribution >= 0.6 is 0 Å². The molecule has 0 radical (unpaired) electrons. The lowest BCUT2D eigenvalue weighted by atomic mass is 10.00. The molecule has 0 N–H and O–H groups in total. The number of hydrogen-bond donors (Lipinski definition) is 0. The molecule has 5 heteroatoms. The van der Waals surface area contributed by atoms with Crippen molar-refractivity contribution >= 4 is 5.91 Å². The second kappa shape index (κ2) is 8.23. The van der Waals surface area contributed by atoms with Crippen LogP contribution in [0.5, 0.6) is 11.5 Å². The third-order valence-electron chi connectivity index (χ3n) is 4.82. The summed E-state index contributed by atoms with van der Waals surface area (Å²) in [4.78, 5) is 16.7. The molecule has 1 heterocycles. The smallest absolute Gasteiger partial charge is 0.237 e. The molecule has 2 aromatic carbocycles. The van der Waals surface area contributed by atoms with Gasteiger partial charge in [-0.25, -0.2) is 0 Å². The van der Waals surface area contributed by atoms with Gasteiger partial charge in [-0.05, 0) is 30.7 Å². The van der Waals surface area contributed by atoms with Crippen molar-refractivity contribution < 1.29 is 14.3 Å². The second-order valence-electron chi connectivity index (χ2n) is 6.68. The standard InChI is InChI=1S/C21H26N2O3/c1-22(13-18-8-9-19(25-2)12-20(18)26-3)15-21(24)23-11-10-16-6-4-5-7-17(16)14-23/h4-9,12H,10-11,13-15H2,1-3H3. The Morgan fingerprint density at radius 3 is 2.62 bits per heavy atom. The summed E-state index contributed by atoms with van der Waals surface area (Å²) in [6, 6.07) is 14.1. The lowest BCUT2D eigenvalue weighted by molar-refractivity contribution is -0.133. The van der Waals surface area contributed by atoms with Gasteiger partial charge in [0.2, 0.25) is 5.91 Å². The van der Waals surface area contributed by atoms with Crippen LogP contribution in [0.25, 0.3) is 0 Å². The van der Waals surface area contributed by atoms with Crippen molar-refractivity contribution in [1.82, 2.24) is 9.80 Å². The van der Waals surface area contributed by atoms with Crippen molar-refractivity contribution in [2.24, 2.45) is 0 Å². The fourth-order valence-corrected chi connectivity index (χ4v) is 3.37. The van der Waals surface area contributed by atoms with E-state index >= 15 is 0 Å². The number of methoxy groups -OCH3 is 2. The lowest BCUT2D eigenvalue weighted by Crippen LogP contribution is -2.41. The molecule has 0 aromatic heterocycles. The highest BCUT2D eigenvalue weighted by atomic mass is 16.5. The minimum Gasteiger partial charge on any atom is -0.497 e. The summed E-state index contributed by atoms with van der Waals surface area (Å²) in [7, 11) is 5.24. The maximum absolute atomic E-state index is 12.7. The first-order valence-electron chi connectivity index (χ1n) is 8.84. The first kappa shape index (κ1) is 18.3. The molecule has 1 aliphatic heterocycles. The average Bonchev–Trinajstić information content (AvgIpc) is 2.67. The van der Waals surface area contributed by atoms with Crippen LogP contribution in [0, 0.1) is 0 Å². The van der Waals surface area contributed by atoms with E-state index in [0.29, 0.717) is 19.6 Å². The van der Waals surface area contributed by atoms with E-state index < -0.39 is 0 Å². The van der Waals surface area contributed by atoms with Gasteiger partial charge in [-0.3, -0.25) is 9.69 Å². The summed E-state index contributed by atoms with van der Waals surface area (Å²) in [6.07, 6.45) is 0.929. The van der Waals surface area contributed by atoms with Crippen molar-refractivity contribution in [3.8, 4) is 11.5 Å². The first-order chi connectivity index (χ1) is 12.6. The fraction of sp³-hybridized carbons (Fsp3) is 0.381. The first-order valence-corrected chi connectivity index (χ1v) is 8.84. The van der Waals surface area contributed by atoms with E-state index in [4.69, 9.17) is 9.47 Å². The topological polar surface area (TPSA) is 42.0 Å². The molecule has 2 aromatic rings. The van der Waals surface area contributed by atoms with Gasteiger partial charge >= 0.3 is 0 Å². The second-order valence-corrected chi connectivity index (χ2v) is 6.68. The predicted octanol–water partition coefficient (Wildman–Crippen LogP) is 2.72. The van der Waals surface area contributed by atoms with Crippen LogP contribution in [0.4, 0.5) is 0 Å². The number of nitrogens with zero attached hydrogens (tertiary/aromatic N) is 2. The molecule has 0 saturated carbocycles. The lowest BCUT2D eigenvalue weighted by Gasteiger charge is -2.30. The zero-order valence-corrected chi connectivity index (χ0v) is 15.7. The SMILES string of the molecule is COc1ccc(CN(C)CC(=O)N2CCc3ccccc3C2)c(OC)c1. The molecular weight excluding hydrogens is 328 g/mol. The summed E-state index contributed by atoms with van der Waals surface area (Å²) in [5.74, 6) is 1.70. The molecule has 0 saturated heterocycles. The highest BCUT2D eigenvalue weighted by Gasteiger charge is 2.21. The Bertz CT molecular complexity index is 776. The minimum absolute atomic E-state index is 0.162. The maximum atomic E-state index is 12.7. The highest BCUT2D eigenvalue weighted by molar-refractivity contribution is 5.78. The van der Waals surface area contributed by atoms with Gasteiger partial charge in [0.25, 0.3) is 0 Å². The van der Waals surface area contributed by atoms with Crippen molar-refractivity contribution in [2.45, 2.75) is 19.5 Å². The number of amides is 1. The van der Waals surface area contributed by atoms with Gasteiger partial charge in [-0.1, -0.05) is 30.3 Å². The molecule has 0 fully saturated rings. The Hall–Kier alpha value is -2.53. The quantitative estimate of drug-likeness (QED) is 0.800. The summed E-state index contributed by atoms with van der Waals surface area (Å²) < 4.78 is 10.7. The molecule has 26 heavy (non-hydrogen) atoms. The van der Waals surface area contributed by atoms with Crippen molar-refractivity contribution in [1.29, 1.82) is 0 Å². The Labute approximate surface area is 155 Å². The molecule has 1 amide bonds. The largest absolute Gasteiger partial charge is 0.497 e. The van der Waals surface area contributed by atoms with Crippen LogP contribution in [-0.4, -0.2) is 50.1 Å². The maximum Gasteiger partial charge on any atom is 0.237 e. The number of carbonyl (C=O) groups excluding carboxylic acids is 1. The van der Waals surface area contributed by atoms with Gasteiger partial charge in [-0.2, -0.15) is 0 Å². The van der Waals surface area contributed by atoms with Gasteiger partial charge in [-0.15, -0.1) is 0 Å². The number of rotatable bonds is 6. The molecule has 0 aliphatic carbocycles. The molecule has 138 valence electrons. The van der Waals surface area contributed by atoms with Crippen molar-refractivity contribution in [3.63, 3.8) is 0 Å². The summed E-state index contributed by atoms with van der Waals surface area (Å²) in [5.41, 5.74) is 3.65. The molecule has 0 spiro atoms. The predicted molar refractivity (Wildman–Crippen MR) is 101 cm³/mol. The number of hydrogen-bond acceptors (Lipinski definition) is 4. The summed E-state index contributed by atoms with van der Waals surface area (Å²) in [5, 5.41) is 0. The number of fused-ring (bicyclic) bond motifs is 1. The number of likely N-dealkylation sites (N-methyl/N-ethyl adjacent to an activating group) is 1. The van der Waals surface area contributed by atoms with Gasteiger partial charge < -0.3 is 14.4 Å². The Kier molecular flexibility index (Phi) is 5.78. The Morgan fingerprint density at radius 2 is 1.88 bits per heavy atom. The Morgan fingerprint density at radius 1 is 1.12 bits per heavy atom.